The third kappa shape index (κ3) is 3.21. The largest absolute Gasteiger partial charge is 0.315 e. The van der Waals surface area contributed by atoms with Crippen molar-refractivity contribution in [2.45, 2.75) is 58.4 Å². The highest BCUT2D eigenvalue weighted by Gasteiger charge is 2.44. The van der Waals surface area contributed by atoms with E-state index in [0.717, 1.165) is 12.0 Å². The molecule has 1 saturated heterocycles. The van der Waals surface area contributed by atoms with Crippen LogP contribution in [0.1, 0.15) is 52.4 Å². The molecule has 2 heteroatoms. The summed E-state index contributed by atoms with van der Waals surface area (Å²) < 4.78 is 0. The van der Waals surface area contributed by atoms with Gasteiger partial charge >= 0.3 is 0 Å². The average Bonchev–Trinajstić information content (AvgIpc) is 3.03. The maximum absolute atomic E-state index is 3.70. The second-order valence-electron chi connectivity index (χ2n) is 6.15. The molecule has 1 aliphatic heterocycles. The summed E-state index contributed by atoms with van der Waals surface area (Å²) >= 11 is 0. The molecule has 2 fully saturated rings. The summed E-state index contributed by atoms with van der Waals surface area (Å²) in [6.07, 6.45) is 8.44. The van der Waals surface area contributed by atoms with Gasteiger partial charge in [-0.3, -0.25) is 0 Å². The Balaban J connectivity index is 1.63. The lowest BCUT2D eigenvalue weighted by Crippen LogP contribution is -2.40. The predicted octanol–water partition coefficient (Wildman–Crippen LogP) is 2.54. The van der Waals surface area contributed by atoms with Gasteiger partial charge in [0.25, 0.3) is 0 Å². The summed E-state index contributed by atoms with van der Waals surface area (Å²) in [4.78, 5) is 0. The van der Waals surface area contributed by atoms with E-state index in [9.17, 15) is 0 Å². The van der Waals surface area contributed by atoms with Crippen LogP contribution in [0.5, 0.6) is 0 Å². The molecule has 2 N–H and O–H groups in total. The fourth-order valence-corrected chi connectivity index (χ4v) is 2.89. The summed E-state index contributed by atoms with van der Waals surface area (Å²) in [5, 5.41) is 7.36. The highest BCUT2D eigenvalue weighted by molar-refractivity contribution is 4.97. The first kappa shape index (κ1) is 12.4. The van der Waals surface area contributed by atoms with E-state index in [1.54, 1.807) is 0 Å². The van der Waals surface area contributed by atoms with Crippen molar-refractivity contribution < 1.29 is 0 Å². The van der Waals surface area contributed by atoms with Crippen LogP contribution in [0.4, 0.5) is 0 Å². The van der Waals surface area contributed by atoms with Crippen molar-refractivity contribution in [3.05, 3.63) is 0 Å². The Morgan fingerprint density at radius 3 is 2.75 bits per heavy atom. The lowest BCUT2D eigenvalue weighted by Gasteiger charge is -2.22. The molecule has 0 aromatic heterocycles. The van der Waals surface area contributed by atoms with E-state index in [1.807, 2.05) is 0 Å². The number of hydrogen-bond acceptors (Lipinski definition) is 2. The van der Waals surface area contributed by atoms with Crippen molar-refractivity contribution in [3.8, 4) is 0 Å². The van der Waals surface area contributed by atoms with Crippen LogP contribution in [-0.4, -0.2) is 25.7 Å². The average molecular weight is 224 g/mol. The van der Waals surface area contributed by atoms with Crippen LogP contribution < -0.4 is 10.6 Å². The topological polar surface area (TPSA) is 24.1 Å². The van der Waals surface area contributed by atoms with Gasteiger partial charge in [-0.25, -0.2) is 0 Å². The van der Waals surface area contributed by atoms with Gasteiger partial charge in [-0.1, -0.05) is 26.7 Å². The number of nitrogens with one attached hydrogen (secondary N) is 2. The van der Waals surface area contributed by atoms with Crippen molar-refractivity contribution in [1.82, 2.24) is 10.6 Å². The Kier molecular flexibility index (Phi) is 4.26. The smallest absolute Gasteiger partial charge is 0.0192 e. The minimum Gasteiger partial charge on any atom is -0.315 e. The van der Waals surface area contributed by atoms with Crippen molar-refractivity contribution in [1.29, 1.82) is 0 Å². The predicted molar refractivity (Wildman–Crippen MR) is 69.6 cm³/mol. The minimum absolute atomic E-state index is 0.657. The Hall–Kier alpha value is -0.0800. The van der Waals surface area contributed by atoms with Gasteiger partial charge in [0.05, 0.1) is 0 Å². The normalized spacial score (nSPS) is 29.1. The lowest BCUT2D eigenvalue weighted by atomic mass is 9.92. The van der Waals surface area contributed by atoms with Crippen molar-refractivity contribution in [2.75, 3.05) is 19.6 Å². The SMILES string of the molecule is CC(C)C1(CNCC2CCCCCN2)CC1. The number of hydrogen-bond donors (Lipinski definition) is 2. The van der Waals surface area contributed by atoms with Crippen LogP contribution in [0.3, 0.4) is 0 Å². The third-order valence-electron chi connectivity index (χ3n) is 4.65. The first-order valence-electron chi connectivity index (χ1n) is 7.17. The summed E-state index contributed by atoms with van der Waals surface area (Å²) in [6.45, 7) is 8.39. The van der Waals surface area contributed by atoms with Crippen LogP contribution in [0.25, 0.3) is 0 Å². The second kappa shape index (κ2) is 5.50. The van der Waals surface area contributed by atoms with E-state index in [2.05, 4.69) is 24.5 Å². The van der Waals surface area contributed by atoms with Crippen molar-refractivity contribution in [3.63, 3.8) is 0 Å². The monoisotopic (exact) mass is 224 g/mol. The summed E-state index contributed by atoms with van der Waals surface area (Å²) in [6, 6.07) is 0.727. The fourth-order valence-electron chi connectivity index (χ4n) is 2.89. The molecular formula is C14H28N2. The lowest BCUT2D eigenvalue weighted by molar-refractivity contribution is 0.328. The van der Waals surface area contributed by atoms with Gasteiger partial charge < -0.3 is 10.6 Å². The molecule has 1 atom stereocenters. The Bertz CT molecular complexity index is 201. The second-order valence-corrected chi connectivity index (χ2v) is 6.15. The zero-order chi connectivity index (χ0) is 11.4. The first-order chi connectivity index (χ1) is 7.73. The number of rotatable bonds is 5. The van der Waals surface area contributed by atoms with Gasteiger partial charge in [0, 0.05) is 19.1 Å². The molecule has 1 aliphatic carbocycles. The maximum atomic E-state index is 3.70. The minimum atomic E-state index is 0.657. The molecule has 16 heavy (non-hydrogen) atoms. The molecule has 1 unspecified atom stereocenters. The van der Waals surface area contributed by atoms with Crippen LogP contribution >= 0.6 is 0 Å². The van der Waals surface area contributed by atoms with Gasteiger partial charge in [-0.2, -0.15) is 0 Å². The van der Waals surface area contributed by atoms with Crippen LogP contribution in [0, 0.1) is 11.3 Å². The highest BCUT2D eigenvalue weighted by Crippen LogP contribution is 2.51. The molecule has 0 amide bonds. The van der Waals surface area contributed by atoms with Crippen LogP contribution in [-0.2, 0) is 0 Å². The maximum Gasteiger partial charge on any atom is 0.0192 e. The van der Waals surface area contributed by atoms with Crippen LogP contribution in [0.15, 0.2) is 0 Å². The van der Waals surface area contributed by atoms with E-state index >= 15 is 0 Å². The van der Waals surface area contributed by atoms with E-state index in [-0.39, 0.29) is 0 Å². The summed E-state index contributed by atoms with van der Waals surface area (Å²) in [5.74, 6) is 0.849. The van der Waals surface area contributed by atoms with Crippen molar-refractivity contribution >= 4 is 0 Å². The van der Waals surface area contributed by atoms with Gasteiger partial charge in [0.15, 0.2) is 0 Å². The molecule has 0 bridgehead atoms. The molecule has 94 valence electrons. The molecule has 2 rings (SSSR count). The van der Waals surface area contributed by atoms with E-state index in [1.165, 1.54) is 58.2 Å². The van der Waals surface area contributed by atoms with E-state index < -0.39 is 0 Å². The zero-order valence-corrected chi connectivity index (χ0v) is 11.0. The van der Waals surface area contributed by atoms with Gasteiger partial charge in [-0.15, -0.1) is 0 Å². The highest BCUT2D eigenvalue weighted by atomic mass is 15.0. The molecule has 0 spiro atoms. The Morgan fingerprint density at radius 2 is 2.06 bits per heavy atom. The third-order valence-corrected chi connectivity index (χ3v) is 4.65. The molecule has 1 saturated carbocycles. The molecule has 2 nitrogen and oxygen atoms in total. The summed E-state index contributed by atoms with van der Waals surface area (Å²) in [5.41, 5.74) is 0.657. The quantitative estimate of drug-likeness (QED) is 0.750. The van der Waals surface area contributed by atoms with Crippen LogP contribution in [0.2, 0.25) is 0 Å². The van der Waals surface area contributed by atoms with E-state index in [0.29, 0.717) is 5.41 Å². The molecule has 0 aromatic carbocycles. The summed E-state index contributed by atoms with van der Waals surface area (Å²) in [7, 11) is 0. The van der Waals surface area contributed by atoms with Crippen molar-refractivity contribution in [2.24, 2.45) is 11.3 Å². The standard InChI is InChI=1S/C14H28N2/c1-12(2)14(7-8-14)11-15-10-13-6-4-3-5-9-16-13/h12-13,15-16H,3-11H2,1-2H3. The molecule has 0 radical (unpaired) electrons. The Labute approximate surface area is 101 Å². The van der Waals surface area contributed by atoms with Gasteiger partial charge in [0.2, 0.25) is 0 Å². The van der Waals surface area contributed by atoms with E-state index in [4.69, 9.17) is 0 Å². The van der Waals surface area contributed by atoms with Gasteiger partial charge in [0.1, 0.15) is 0 Å². The molecular weight excluding hydrogens is 196 g/mol. The first-order valence-corrected chi connectivity index (χ1v) is 7.17. The fraction of sp³-hybridized carbons (Fsp3) is 1.00. The molecule has 1 heterocycles. The molecule has 0 aromatic rings. The molecule has 2 aliphatic rings. The Morgan fingerprint density at radius 1 is 1.25 bits per heavy atom. The van der Waals surface area contributed by atoms with Gasteiger partial charge in [-0.05, 0) is 43.6 Å². The zero-order valence-electron chi connectivity index (χ0n) is 11.0.